The second-order valence-electron chi connectivity index (χ2n) is 5.85. The minimum absolute atomic E-state index is 0. The molecule has 163 valence electrons. The Bertz CT molecular complexity index is 1050. The first kappa shape index (κ1) is 25.7. The van der Waals surface area contributed by atoms with Gasteiger partial charge in [0.15, 0.2) is 0 Å². The van der Waals surface area contributed by atoms with E-state index in [0.29, 0.717) is 17.6 Å². The van der Waals surface area contributed by atoms with E-state index in [1.54, 1.807) is 36.7 Å². The predicted octanol–water partition coefficient (Wildman–Crippen LogP) is 0.132. The Morgan fingerprint density at radius 2 is 1.13 bits per heavy atom. The molecule has 4 aromatic rings. The van der Waals surface area contributed by atoms with E-state index in [9.17, 15) is 19.8 Å². The van der Waals surface area contributed by atoms with E-state index in [1.165, 1.54) is 12.1 Å². The fraction of sp³-hybridized carbons (Fsp3) is 0.0909. The van der Waals surface area contributed by atoms with Crippen molar-refractivity contribution in [2.24, 2.45) is 5.73 Å². The third-order valence-electron chi connectivity index (χ3n) is 3.83. The van der Waals surface area contributed by atoms with Gasteiger partial charge < -0.3 is 30.6 Å². The number of aromatic nitrogens is 2. The summed E-state index contributed by atoms with van der Waals surface area (Å²) in [6.45, 7) is 0.472. The topological polar surface area (TPSA) is 152 Å². The first-order valence-electron chi connectivity index (χ1n) is 8.90. The molecule has 0 aliphatic rings. The number of nitrogens with two attached hydrogens (primary N) is 1. The molecule has 8 nitrogen and oxygen atoms in total. The van der Waals surface area contributed by atoms with Gasteiger partial charge in [0.2, 0.25) is 0 Å². The van der Waals surface area contributed by atoms with Gasteiger partial charge in [-0.3, -0.25) is 9.97 Å². The van der Waals surface area contributed by atoms with Gasteiger partial charge in [-0.1, -0.05) is 48.5 Å². The fourth-order valence-corrected chi connectivity index (χ4v) is 2.54. The van der Waals surface area contributed by atoms with Gasteiger partial charge in [0.1, 0.15) is 0 Å². The van der Waals surface area contributed by atoms with Crippen molar-refractivity contribution in [2.45, 2.75) is 0 Å². The summed E-state index contributed by atoms with van der Waals surface area (Å²) in [6, 6.07) is 17.1. The average molecular weight is 469 g/mol. The van der Waals surface area contributed by atoms with E-state index in [0.717, 1.165) is 10.8 Å². The van der Waals surface area contributed by atoms with Crippen molar-refractivity contribution in [2.75, 3.05) is 13.2 Å². The SMILES string of the molecule is NCCO.O=C([O-])c1cccc2cccnc12.O=C([O-])c1cccc2cccnc12.[Cu+2]. The summed E-state index contributed by atoms with van der Waals surface area (Å²) in [6.07, 6.45) is 3.13. The Hall–Kier alpha value is -3.36. The molecule has 2 heterocycles. The molecule has 31 heavy (non-hydrogen) atoms. The molecule has 9 heteroatoms. The number of aromatic carboxylic acids is 2. The minimum atomic E-state index is -1.19. The van der Waals surface area contributed by atoms with Crippen LogP contribution in [0.15, 0.2) is 73.1 Å². The van der Waals surface area contributed by atoms with Crippen LogP contribution in [0.3, 0.4) is 0 Å². The van der Waals surface area contributed by atoms with E-state index in [4.69, 9.17) is 10.8 Å². The number of aliphatic hydroxyl groups excluding tert-OH is 1. The largest absolute Gasteiger partial charge is 2.00 e. The number of benzene rings is 2. The van der Waals surface area contributed by atoms with Gasteiger partial charge in [-0.2, -0.15) is 0 Å². The van der Waals surface area contributed by atoms with E-state index >= 15 is 0 Å². The number of fused-ring (bicyclic) bond motifs is 2. The van der Waals surface area contributed by atoms with E-state index in [-0.39, 0.29) is 34.8 Å². The molecule has 0 aliphatic heterocycles. The van der Waals surface area contributed by atoms with Gasteiger partial charge in [0.25, 0.3) is 0 Å². The van der Waals surface area contributed by atoms with Crippen LogP contribution >= 0.6 is 0 Å². The summed E-state index contributed by atoms with van der Waals surface area (Å²) in [5, 5.41) is 30.7. The Labute approximate surface area is 188 Å². The predicted molar refractivity (Wildman–Crippen MR) is 108 cm³/mol. The number of carbonyl (C=O) groups is 2. The number of pyridine rings is 2. The second-order valence-corrected chi connectivity index (χ2v) is 5.85. The number of hydrogen-bond donors (Lipinski definition) is 2. The summed E-state index contributed by atoms with van der Waals surface area (Å²) in [5.41, 5.74) is 6.01. The first-order valence-corrected chi connectivity index (χ1v) is 8.90. The molecule has 0 atom stereocenters. The maximum Gasteiger partial charge on any atom is 2.00 e. The molecular weight excluding hydrogens is 450 g/mol. The Kier molecular flexibility index (Phi) is 10.8. The summed E-state index contributed by atoms with van der Waals surface area (Å²) in [7, 11) is 0. The van der Waals surface area contributed by atoms with Crippen molar-refractivity contribution < 1.29 is 42.0 Å². The van der Waals surface area contributed by atoms with Crippen LogP contribution in [0.5, 0.6) is 0 Å². The summed E-state index contributed by atoms with van der Waals surface area (Å²) < 4.78 is 0. The zero-order valence-corrected chi connectivity index (χ0v) is 17.1. The van der Waals surface area contributed by atoms with Crippen LogP contribution in [-0.4, -0.2) is 40.2 Å². The number of carbonyl (C=O) groups excluding carboxylic acids is 2. The van der Waals surface area contributed by atoms with Crippen LogP contribution in [0.4, 0.5) is 0 Å². The number of aliphatic hydroxyl groups is 1. The van der Waals surface area contributed by atoms with E-state index in [2.05, 4.69) is 9.97 Å². The van der Waals surface area contributed by atoms with Gasteiger partial charge in [0.05, 0.1) is 29.6 Å². The number of carboxylic acid groups (broad SMARTS) is 2. The van der Waals surface area contributed by atoms with Crippen molar-refractivity contribution >= 4 is 33.7 Å². The minimum Gasteiger partial charge on any atom is -0.545 e. The van der Waals surface area contributed by atoms with E-state index in [1.807, 2.05) is 24.3 Å². The molecule has 4 rings (SSSR count). The quantitative estimate of drug-likeness (QED) is 0.402. The normalized spacial score (nSPS) is 9.48. The van der Waals surface area contributed by atoms with Gasteiger partial charge in [-0.25, -0.2) is 0 Å². The first-order chi connectivity index (χ1) is 14.5. The third kappa shape index (κ3) is 7.13. The van der Waals surface area contributed by atoms with Gasteiger partial charge >= 0.3 is 17.1 Å². The summed E-state index contributed by atoms with van der Waals surface area (Å²) in [5.74, 6) is -2.38. The molecule has 2 aromatic heterocycles. The van der Waals surface area contributed by atoms with Crippen molar-refractivity contribution in [3.05, 3.63) is 84.2 Å². The molecule has 0 fully saturated rings. The monoisotopic (exact) mass is 468 g/mol. The Balaban J connectivity index is 0.000000258. The standard InChI is InChI=1S/2C10H7NO2.C2H7NO.Cu/c2*12-10(13)8-5-1-3-7-4-2-6-11-9(7)8;3-1-2-4;/h2*1-6H,(H,12,13);4H,1-3H2;/q;;;+2/p-2. The number of para-hydroxylation sites is 2. The van der Waals surface area contributed by atoms with Gasteiger partial charge in [-0.05, 0) is 12.1 Å². The molecule has 0 saturated carbocycles. The van der Waals surface area contributed by atoms with Crippen LogP contribution in [0.25, 0.3) is 21.8 Å². The molecule has 3 N–H and O–H groups in total. The van der Waals surface area contributed by atoms with Crippen molar-refractivity contribution in [1.82, 2.24) is 9.97 Å². The molecule has 0 aliphatic carbocycles. The van der Waals surface area contributed by atoms with Gasteiger partial charge in [0, 0.05) is 40.8 Å². The zero-order valence-electron chi connectivity index (χ0n) is 16.2. The second kappa shape index (κ2) is 13.0. The molecule has 1 radical (unpaired) electrons. The molecule has 0 unspecified atom stereocenters. The van der Waals surface area contributed by atoms with Crippen LogP contribution in [0.1, 0.15) is 20.7 Å². The average Bonchev–Trinajstić information content (AvgIpc) is 2.78. The zero-order chi connectivity index (χ0) is 21.9. The Morgan fingerprint density at radius 3 is 1.45 bits per heavy atom. The molecular formula is C22H19CuN3O5. The number of rotatable bonds is 3. The molecule has 0 bridgehead atoms. The van der Waals surface area contributed by atoms with E-state index < -0.39 is 11.9 Å². The van der Waals surface area contributed by atoms with Crippen LogP contribution in [0, 0.1) is 0 Å². The number of carboxylic acids is 2. The smallest absolute Gasteiger partial charge is 0.545 e. The maximum absolute atomic E-state index is 10.7. The number of nitrogens with zero attached hydrogens (tertiary/aromatic N) is 2. The van der Waals surface area contributed by atoms with Crippen molar-refractivity contribution in [3.8, 4) is 0 Å². The molecule has 0 spiro atoms. The van der Waals surface area contributed by atoms with Crippen molar-refractivity contribution in [3.63, 3.8) is 0 Å². The Morgan fingerprint density at radius 1 is 0.774 bits per heavy atom. The fourth-order valence-electron chi connectivity index (χ4n) is 2.54. The van der Waals surface area contributed by atoms with Crippen molar-refractivity contribution in [1.29, 1.82) is 0 Å². The van der Waals surface area contributed by atoms with Crippen LogP contribution in [-0.2, 0) is 17.1 Å². The molecule has 2 aromatic carbocycles. The van der Waals surface area contributed by atoms with Crippen LogP contribution < -0.4 is 15.9 Å². The van der Waals surface area contributed by atoms with Crippen LogP contribution in [0.2, 0.25) is 0 Å². The number of hydrogen-bond acceptors (Lipinski definition) is 8. The maximum atomic E-state index is 10.7. The third-order valence-corrected chi connectivity index (χ3v) is 3.83. The summed E-state index contributed by atoms with van der Waals surface area (Å²) >= 11 is 0. The summed E-state index contributed by atoms with van der Waals surface area (Å²) in [4.78, 5) is 29.3. The molecule has 0 amide bonds. The van der Waals surface area contributed by atoms with Gasteiger partial charge in [-0.15, -0.1) is 0 Å². The molecule has 0 saturated heterocycles.